The van der Waals surface area contributed by atoms with E-state index >= 15 is 0 Å². The van der Waals surface area contributed by atoms with Gasteiger partial charge in [0.15, 0.2) is 0 Å². The van der Waals surface area contributed by atoms with Crippen molar-refractivity contribution in [3.8, 4) is 0 Å². The lowest BCUT2D eigenvalue weighted by atomic mass is 10.1. The molecule has 1 N–H and O–H groups in total. The van der Waals surface area contributed by atoms with E-state index in [0.717, 1.165) is 4.31 Å². The molecule has 0 fully saturated rings. The van der Waals surface area contributed by atoms with Gasteiger partial charge in [-0.1, -0.05) is 29.8 Å². The van der Waals surface area contributed by atoms with Crippen molar-refractivity contribution in [3.63, 3.8) is 0 Å². The van der Waals surface area contributed by atoms with Crippen molar-refractivity contribution >= 4 is 33.2 Å². The molecule has 30 heavy (non-hydrogen) atoms. The molecule has 1 amide bonds. The summed E-state index contributed by atoms with van der Waals surface area (Å²) < 4.78 is 40.6. The van der Waals surface area contributed by atoms with E-state index in [1.807, 2.05) is 0 Å². The molecule has 0 atom stereocenters. The molecule has 0 radical (unpaired) electrons. The Morgan fingerprint density at radius 1 is 1.07 bits per heavy atom. The number of nitrogens with zero attached hydrogens (tertiary/aromatic N) is 1. The predicted molar refractivity (Wildman–Crippen MR) is 116 cm³/mol. The zero-order chi connectivity index (χ0) is 21.9. The number of hydrogen-bond acceptors (Lipinski definition) is 3. The zero-order valence-corrected chi connectivity index (χ0v) is 18.0. The van der Waals surface area contributed by atoms with Crippen LogP contribution in [-0.4, -0.2) is 21.4 Å². The molecule has 0 aliphatic heterocycles. The van der Waals surface area contributed by atoms with Gasteiger partial charge in [0.2, 0.25) is 0 Å². The minimum atomic E-state index is -3.78. The largest absolute Gasteiger partial charge is 0.348 e. The maximum atomic E-state index is 13.7. The van der Waals surface area contributed by atoms with Gasteiger partial charge in [0, 0.05) is 29.7 Å². The molecule has 0 bridgehead atoms. The number of hydrogen-bond donors (Lipinski definition) is 1. The van der Waals surface area contributed by atoms with Crippen LogP contribution in [0.2, 0.25) is 5.02 Å². The topological polar surface area (TPSA) is 66.5 Å². The lowest BCUT2D eigenvalue weighted by molar-refractivity contribution is 0.0950. The molecule has 0 heterocycles. The van der Waals surface area contributed by atoms with Crippen LogP contribution in [0.5, 0.6) is 0 Å². The Balaban J connectivity index is 1.78. The number of benzene rings is 3. The van der Waals surface area contributed by atoms with Crippen LogP contribution in [0.15, 0.2) is 71.6 Å². The summed E-state index contributed by atoms with van der Waals surface area (Å²) in [5.41, 5.74) is 1.78. The van der Waals surface area contributed by atoms with Crippen LogP contribution in [0.1, 0.15) is 21.5 Å². The number of halogens is 2. The van der Waals surface area contributed by atoms with Gasteiger partial charge in [0.1, 0.15) is 5.82 Å². The van der Waals surface area contributed by atoms with Gasteiger partial charge in [-0.3, -0.25) is 9.10 Å². The van der Waals surface area contributed by atoms with E-state index in [-0.39, 0.29) is 17.3 Å². The summed E-state index contributed by atoms with van der Waals surface area (Å²) in [6.07, 6.45) is 0. The molecule has 0 spiro atoms. The van der Waals surface area contributed by atoms with Crippen LogP contribution in [0.4, 0.5) is 10.1 Å². The van der Waals surface area contributed by atoms with Gasteiger partial charge < -0.3 is 5.32 Å². The molecule has 0 aliphatic rings. The van der Waals surface area contributed by atoms with E-state index in [1.165, 1.54) is 43.4 Å². The van der Waals surface area contributed by atoms with Gasteiger partial charge in [-0.05, 0) is 61.0 Å². The Bertz CT molecular complexity index is 1180. The molecule has 0 aromatic heterocycles. The molecule has 8 heteroatoms. The van der Waals surface area contributed by atoms with Crippen molar-refractivity contribution in [1.82, 2.24) is 5.32 Å². The third kappa shape index (κ3) is 4.63. The van der Waals surface area contributed by atoms with E-state index in [1.54, 1.807) is 37.3 Å². The van der Waals surface area contributed by atoms with Crippen LogP contribution in [-0.2, 0) is 16.6 Å². The standard InChI is InChI=1S/C22H20ClFN2O3S/c1-15-13-16(22(27)25-14-17-5-3-4-6-20(17)24)7-12-21(15)26(2)30(28,29)19-10-8-18(23)9-11-19/h3-13H,14H2,1-2H3,(H,25,27). The third-order valence-corrected chi connectivity index (χ3v) is 6.71. The van der Waals surface area contributed by atoms with Crippen molar-refractivity contribution in [1.29, 1.82) is 0 Å². The van der Waals surface area contributed by atoms with Crippen molar-refractivity contribution in [3.05, 3.63) is 94.3 Å². The summed E-state index contributed by atoms with van der Waals surface area (Å²) >= 11 is 5.84. The first kappa shape index (κ1) is 21.8. The number of sulfonamides is 1. The second-order valence-electron chi connectivity index (χ2n) is 6.70. The van der Waals surface area contributed by atoms with Crippen LogP contribution in [0, 0.1) is 12.7 Å². The van der Waals surface area contributed by atoms with E-state index in [2.05, 4.69) is 5.32 Å². The Morgan fingerprint density at radius 2 is 1.73 bits per heavy atom. The Labute approximate surface area is 180 Å². The number of rotatable bonds is 6. The molecule has 0 aliphatic carbocycles. The highest BCUT2D eigenvalue weighted by Crippen LogP contribution is 2.27. The van der Waals surface area contributed by atoms with Crippen LogP contribution in [0.3, 0.4) is 0 Å². The Hall–Kier alpha value is -2.90. The molecule has 0 saturated heterocycles. The van der Waals surface area contributed by atoms with Gasteiger partial charge >= 0.3 is 0 Å². The number of carbonyl (C=O) groups excluding carboxylic acids is 1. The lowest BCUT2D eigenvalue weighted by Crippen LogP contribution is -2.28. The fourth-order valence-corrected chi connectivity index (χ4v) is 4.35. The van der Waals surface area contributed by atoms with Gasteiger partial charge in [-0.15, -0.1) is 0 Å². The fourth-order valence-electron chi connectivity index (χ4n) is 2.96. The van der Waals surface area contributed by atoms with Crippen LogP contribution >= 0.6 is 11.6 Å². The summed E-state index contributed by atoms with van der Waals surface area (Å²) in [6.45, 7) is 1.77. The van der Waals surface area contributed by atoms with Gasteiger partial charge in [0.25, 0.3) is 15.9 Å². The normalized spacial score (nSPS) is 11.2. The highest BCUT2D eigenvalue weighted by molar-refractivity contribution is 7.92. The van der Waals surface area contributed by atoms with Crippen molar-refractivity contribution in [2.75, 3.05) is 11.4 Å². The smallest absolute Gasteiger partial charge is 0.264 e. The predicted octanol–water partition coefficient (Wildman–Crippen LogP) is 4.54. The first-order valence-corrected chi connectivity index (χ1v) is 10.9. The number of nitrogens with one attached hydrogen (secondary N) is 1. The van der Waals surface area contributed by atoms with Crippen LogP contribution < -0.4 is 9.62 Å². The van der Waals surface area contributed by atoms with Gasteiger partial charge in [-0.2, -0.15) is 0 Å². The maximum absolute atomic E-state index is 13.7. The fraction of sp³-hybridized carbons (Fsp3) is 0.136. The van der Waals surface area contributed by atoms with Gasteiger partial charge in [0.05, 0.1) is 10.6 Å². The van der Waals surface area contributed by atoms with Gasteiger partial charge in [-0.25, -0.2) is 12.8 Å². The first-order valence-electron chi connectivity index (χ1n) is 9.07. The second-order valence-corrected chi connectivity index (χ2v) is 9.11. The molecule has 3 aromatic rings. The number of carbonyl (C=O) groups is 1. The quantitative estimate of drug-likeness (QED) is 0.604. The molecular weight excluding hydrogens is 427 g/mol. The van der Waals surface area contributed by atoms with E-state index in [9.17, 15) is 17.6 Å². The van der Waals surface area contributed by atoms with E-state index < -0.39 is 15.8 Å². The summed E-state index contributed by atoms with van der Waals surface area (Å²) in [5.74, 6) is -0.769. The molecule has 156 valence electrons. The molecular formula is C22H20ClFN2O3S. The van der Waals surface area contributed by atoms with E-state index in [4.69, 9.17) is 11.6 Å². The summed E-state index contributed by atoms with van der Waals surface area (Å²) in [4.78, 5) is 12.5. The lowest BCUT2D eigenvalue weighted by Gasteiger charge is -2.22. The molecule has 0 saturated carbocycles. The van der Waals surface area contributed by atoms with Crippen molar-refractivity contribution < 1.29 is 17.6 Å². The number of aryl methyl sites for hydroxylation is 1. The molecule has 5 nitrogen and oxygen atoms in total. The van der Waals surface area contributed by atoms with Crippen molar-refractivity contribution in [2.24, 2.45) is 0 Å². The first-order chi connectivity index (χ1) is 14.2. The summed E-state index contributed by atoms with van der Waals surface area (Å²) in [5, 5.41) is 3.11. The third-order valence-electron chi connectivity index (χ3n) is 4.67. The molecule has 3 rings (SSSR count). The zero-order valence-electron chi connectivity index (χ0n) is 16.4. The highest BCUT2D eigenvalue weighted by atomic mass is 35.5. The van der Waals surface area contributed by atoms with Crippen LogP contribution in [0.25, 0.3) is 0 Å². The maximum Gasteiger partial charge on any atom is 0.264 e. The average Bonchev–Trinajstić information content (AvgIpc) is 2.72. The van der Waals surface area contributed by atoms with E-state index in [0.29, 0.717) is 27.4 Å². The monoisotopic (exact) mass is 446 g/mol. The number of amides is 1. The van der Waals surface area contributed by atoms with Crippen molar-refractivity contribution in [2.45, 2.75) is 18.4 Å². The summed E-state index contributed by atoms with van der Waals surface area (Å²) in [7, 11) is -2.33. The Morgan fingerprint density at radius 3 is 2.37 bits per heavy atom. The SMILES string of the molecule is Cc1cc(C(=O)NCc2ccccc2F)ccc1N(C)S(=O)(=O)c1ccc(Cl)cc1. The molecule has 0 unspecified atom stereocenters. The Kier molecular flexibility index (Phi) is 6.43. The minimum Gasteiger partial charge on any atom is -0.348 e. The minimum absolute atomic E-state index is 0.0527. The molecule has 3 aromatic carbocycles. The average molecular weight is 447 g/mol. The summed E-state index contributed by atoms with van der Waals surface area (Å²) in [6, 6.07) is 16.8. The second kappa shape index (κ2) is 8.85. The highest BCUT2D eigenvalue weighted by Gasteiger charge is 2.23. The number of anilines is 1.